The van der Waals surface area contributed by atoms with E-state index >= 15 is 0 Å². The minimum atomic E-state index is -2.45. The molecule has 56 heavy (non-hydrogen) atoms. The molecule has 1 fully saturated rings. The molecule has 13 nitrogen and oxygen atoms in total. The second kappa shape index (κ2) is 16.5. The molecule has 0 radical (unpaired) electrons. The lowest BCUT2D eigenvalue weighted by molar-refractivity contribution is -0.0384. The molecule has 1 aliphatic heterocycles. The predicted octanol–water partition coefficient (Wildman–Crippen LogP) is 10.3. The number of amides is 3. The number of aromatic nitrogens is 4. The van der Waals surface area contributed by atoms with Gasteiger partial charge in [0.1, 0.15) is 24.9 Å². The minimum Gasteiger partial charge on any atom is -0.443 e. The third-order valence-electron chi connectivity index (χ3n) is 9.62. The van der Waals surface area contributed by atoms with Crippen molar-refractivity contribution in [2.45, 2.75) is 163 Å². The number of imide groups is 3. The van der Waals surface area contributed by atoms with Gasteiger partial charge >= 0.3 is 18.3 Å². The summed E-state index contributed by atoms with van der Waals surface area (Å²) in [6.45, 7) is 28.7. The Morgan fingerprint density at radius 1 is 0.839 bits per heavy atom. The van der Waals surface area contributed by atoms with E-state index in [1.807, 2.05) is 0 Å². The van der Waals surface area contributed by atoms with Crippen LogP contribution in [0.15, 0.2) is 24.5 Å². The lowest BCUT2D eigenvalue weighted by atomic mass is 10.1. The fraction of sp³-hybridized carbons (Fsp3) is 0.619. The lowest BCUT2D eigenvalue weighted by Crippen LogP contribution is -2.47. The van der Waals surface area contributed by atoms with Gasteiger partial charge in [0, 0.05) is 30.0 Å². The van der Waals surface area contributed by atoms with Crippen molar-refractivity contribution in [2.75, 3.05) is 6.61 Å². The third kappa shape index (κ3) is 9.72. The number of hydrogen-bond donors (Lipinski definition) is 0. The SMILES string of the molecule is CC(C)[Si](C#Cc1c(C(=O)N(C(=O)OC(C)(C)C)C(=O)OC(C)(C)C)cnc2c1cc(-c1ccnn1C1CCCCO1)n2C(=O)OC(C)(C)C)(C(C)C)C(C)C. The highest BCUT2D eigenvalue weighted by atomic mass is 28.3. The summed E-state index contributed by atoms with van der Waals surface area (Å²) in [5, 5.41) is 4.94. The average Bonchev–Trinajstić information content (AvgIpc) is 3.68. The van der Waals surface area contributed by atoms with Crippen molar-refractivity contribution in [1.29, 1.82) is 0 Å². The van der Waals surface area contributed by atoms with Crippen LogP contribution in [-0.2, 0) is 18.9 Å². The van der Waals surface area contributed by atoms with Gasteiger partial charge in [-0.3, -0.25) is 4.79 Å². The number of hydrogen-bond acceptors (Lipinski definition) is 10. The molecule has 0 bridgehead atoms. The zero-order valence-corrected chi connectivity index (χ0v) is 36.9. The number of rotatable bonds is 6. The molecule has 0 spiro atoms. The lowest BCUT2D eigenvalue weighted by Gasteiger charge is -2.38. The topological polar surface area (TPSA) is 144 Å². The molecule has 0 saturated carbocycles. The van der Waals surface area contributed by atoms with Gasteiger partial charge in [-0.2, -0.15) is 5.10 Å². The maximum absolute atomic E-state index is 14.8. The minimum absolute atomic E-state index is 0.141. The Hall–Kier alpha value is -4.48. The van der Waals surface area contributed by atoms with Crippen LogP contribution in [0.25, 0.3) is 22.4 Å². The van der Waals surface area contributed by atoms with Gasteiger partial charge in [-0.15, -0.1) is 10.4 Å². The second-order valence-corrected chi connectivity index (χ2v) is 23.9. The largest absolute Gasteiger partial charge is 0.443 e. The molecule has 1 saturated heterocycles. The van der Waals surface area contributed by atoms with Gasteiger partial charge in [0.05, 0.1) is 17.0 Å². The molecule has 14 heteroatoms. The van der Waals surface area contributed by atoms with Gasteiger partial charge in [0.15, 0.2) is 11.9 Å². The first-order chi connectivity index (χ1) is 25.8. The van der Waals surface area contributed by atoms with Crippen molar-refractivity contribution >= 4 is 43.3 Å². The molecule has 4 heterocycles. The van der Waals surface area contributed by atoms with E-state index in [1.54, 1.807) is 85.3 Å². The summed E-state index contributed by atoms with van der Waals surface area (Å²) in [4.78, 5) is 61.5. The molecule has 4 rings (SSSR count). The third-order valence-corrected chi connectivity index (χ3v) is 15.9. The van der Waals surface area contributed by atoms with Crippen LogP contribution in [-0.4, -0.2) is 79.9 Å². The van der Waals surface area contributed by atoms with Crippen molar-refractivity contribution < 1.29 is 38.1 Å². The molecule has 0 aliphatic carbocycles. The van der Waals surface area contributed by atoms with E-state index in [1.165, 1.54) is 10.8 Å². The first kappa shape index (κ1) is 44.2. The maximum atomic E-state index is 14.8. The summed E-state index contributed by atoms with van der Waals surface area (Å²) in [6, 6.07) is 3.52. The molecule has 306 valence electrons. The van der Waals surface area contributed by atoms with Crippen LogP contribution in [0.5, 0.6) is 0 Å². The Kier molecular flexibility index (Phi) is 13.1. The molecule has 1 aliphatic rings. The van der Waals surface area contributed by atoms with E-state index in [0.717, 1.165) is 19.3 Å². The van der Waals surface area contributed by atoms with Crippen LogP contribution in [0.2, 0.25) is 16.6 Å². The van der Waals surface area contributed by atoms with Gasteiger partial charge in [-0.1, -0.05) is 47.5 Å². The summed E-state index contributed by atoms with van der Waals surface area (Å²) in [6.07, 6.45) is 2.00. The molecular weight excluding hydrogens is 731 g/mol. The van der Waals surface area contributed by atoms with Gasteiger partial charge in [-0.25, -0.2) is 28.6 Å². The summed E-state index contributed by atoms with van der Waals surface area (Å²) < 4.78 is 26.3. The van der Waals surface area contributed by atoms with Gasteiger partial charge < -0.3 is 18.9 Å². The number of pyridine rings is 1. The van der Waals surface area contributed by atoms with E-state index in [4.69, 9.17) is 18.9 Å². The molecule has 1 atom stereocenters. The predicted molar refractivity (Wildman–Crippen MR) is 218 cm³/mol. The Morgan fingerprint density at radius 2 is 1.39 bits per heavy atom. The molecule has 3 aromatic rings. The standard InChI is InChI=1S/C42H61N5O8Si/c1-26(2)56(27(3)4,28(5)6)23-20-29-30-24-33(32-19-21-44-47(32)34-18-16-17-22-52-34)45(37(49)53-40(7,8)9)35(30)43-25-31(29)36(48)46(38(50)54-41(10,11)12)39(51)55-42(13,14)15/h19,21,24-28,34H,16-18,22H2,1-15H3. The molecule has 3 amide bonds. The smallest absolute Gasteiger partial charge is 0.427 e. The Labute approximate surface area is 332 Å². The van der Waals surface area contributed by atoms with Crippen molar-refractivity contribution in [2.24, 2.45) is 0 Å². The molecule has 0 aromatic carbocycles. The molecular formula is C42H61N5O8Si. The van der Waals surface area contributed by atoms with E-state index in [0.29, 0.717) is 28.3 Å². The highest BCUT2D eigenvalue weighted by molar-refractivity contribution is 6.90. The quantitative estimate of drug-likeness (QED) is 0.134. The van der Waals surface area contributed by atoms with Crippen molar-refractivity contribution in [3.8, 4) is 22.9 Å². The number of ether oxygens (including phenoxy) is 4. The highest BCUT2D eigenvalue weighted by Gasteiger charge is 2.43. The van der Waals surface area contributed by atoms with E-state index in [2.05, 4.69) is 63.1 Å². The Balaban J connectivity index is 2.15. The number of nitrogens with zero attached hydrogens (tertiary/aromatic N) is 5. The van der Waals surface area contributed by atoms with Crippen molar-refractivity contribution in [3.05, 3.63) is 35.7 Å². The number of carbonyl (C=O) groups excluding carboxylic acids is 4. The van der Waals surface area contributed by atoms with Gasteiger partial charge in [0.25, 0.3) is 5.91 Å². The van der Waals surface area contributed by atoms with Crippen LogP contribution in [0.4, 0.5) is 14.4 Å². The fourth-order valence-electron chi connectivity index (χ4n) is 7.37. The second-order valence-electron chi connectivity index (χ2n) is 18.4. The fourth-order valence-corrected chi connectivity index (χ4v) is 12.6. The van der Waals surface area contributed by atoms with Crippen molar-refractivity contribution in [1.82, 2.24) is 24.2 Å². The van der Waals surface area contributed by atoms with Crippen LogP contribution in [0.3, 0.4) is 0 Å². The zero-order chi connectivity index (χ0) is 42.1. The van der Waals surface area contributed by atoms with E-state index in [9.17, 15) is 19.2 Å². The average molecular weight is 792 g/mol. The van der Waals surface area contributed by atoms with Gasteiger partial charge in [-0.05, 0) is 110 Å². The number of fused-ring (bicyclic) bond motifs is 1. The Bertz CT molecular complexity index is 1960. The van der Waals surface area contributed by atoms with E-state index < -0.39 is 49.1 Å². The number of carbonyl (C=O) groups is 4. The first-order valence-corrected chi connectivity index (χ1v) is 21.8. The molecule has 0 N–H and O–H groups in total. The van der Waals surface area contributed by atoms with Crippen molar-refractivity contribution in [3.63, 3.8) is 0 Å². The summed E-state index contributed by atoms with van der Waals surface area (Å²) >= 11 is 0. The normalized spacial score (nSPS) is 15.5. The van der Waals surface area contributed by atoms with Crippen LogP contribution >= 0.6 is 0 Å². The van der Waals surface area contributed by atoms with Crippen LogP contribution in [0, 0.1) is 11.5 Å². The molecule has 3 aromatic heterocycles. The summed E-state index contributed by atoms with van der Waals surface area (Å²) in [7, 11) is -2.45. The summed E-state index contributed by atoms with van der Waals surface area (Å²) in [5.41, 5.74) is 2.60. The highest BCUT2D eigenvalue weighted by Crippen LogP contribution is 2.41. The summed E-state index contributed by atoms with van der Waals surface area (Å²) in [5.74, 6) is 2.37. The first-order valence-electron chi connectivity index (χ1n) is 19.6. The Morgan fingerprint density at radius 3 is 1.88 bits per heavy atom. The zero-order valence-electron chi connectivity index (χ0n) is 35.9. The van der Waals surface area contributed by atoms with Gasteiger partial charge in [0.2, 0.25) is 0 Å². The maximum Gasteiger partial charge on any atom is 0.427 e. The van der Waals surface area contributed by atoms with Crippen LogP contribution < -0.4 is 0 Å². The van der Waals surface area contributed by atoms with Crippen LogP contribution in [0.1, 0.15) is 145 Å². The molecule has 1 unspecified atom stereocenters. The van der Waals surface area contributed by atoms with E-state index in [-0.39, 0.29) is 39.6 Å². The monoisotopic (exact) mass is 791 g/mol.